The highest BCUT2D eigenvalue weighted by Gasteiger charge is 2.31. The molecule has 0 unspecified atom stereocenters. The van der Waals surface area contributed by atoms with Gasteiger partial charge in [-0.05, 0) is 45.2 Å². The minimum atomic E-state index is -0.882. The summed E-state index contributed by atoms with van der Waals surface area (Å²) in [6.45, 7) is 9.20. The summed E-state index contributed by atoms with van der Waals surface area (Å²) in [4.78, 5) is 14.2. The number of urea groups is 1. The fourth-order valence-electron chi connectivity index (χ4n) is 2.50. The Balaban J connectivity index is 2.09. The van der Waals surface area contributed by atoms with Gasteiger partial charge in [-0.1, -0.05) is 18.2 Å². The lowest BCUT2D eigenvalue weighted by Crippen LogP contribution is -2.37. The van der Waals surface area contributed by atoms with Gasteiger partial charge in [0.05, 0.1) is 0 Å². The molecule has 1 aromatic rings. The molecule has 0 saturated carbocycles. The zero-order valence-electron chi connectivity index (χ0n) is 13.2. The van der Waals surface area contributed by atoms with Crippen molar-refractivity contribution in [3.8, 4) is 0 Å². The lowest BCUT2D eigenvalue weighted by atomic mass is 10.1. The van der Waals surface area contributed by atoms with Gasteiger partial charge in [-0.3, -0.25) is 4.21 Å². The Bertz CT molecular complexity index is 549. The first kappa shape index (κ1) is 16.0. The fourth-order valence-corrected chi connectivity index (χ4v) is 3.76. The second-order valence-corrected chi connectivity index (χ2v) is 8.45. The van der Waals surface area contributed by atoms with Crippen molar-refractivity contribution in [3.63, 3.8) is 0 Å². The topological polar surface area (TPSA) is 49.4 Å². The molecule has 1 saturated heterocycles. The molecule has 116 valence electrons. The summed E-state index contributed by atoms with van der Waals surface area (Å²) >= 11 is 0. The SMILES string of the molecule is Cc1cccc(C)c1NC(=O)N1CC[S@@](=O)C(C)(C)CC1. The molecular formula is C16H24N2O2S. The Morgan fingerprint density at radius 1 is 1.24 bits per heavy atom. The molecule has 0 aliphatic carbocycles. The normalized spacial score (nSPS) is 21.7. The van der Waals surface area contributed by atoms with Crippen LogP contribution in [0.25, 0.3) is 0 Å². The van der Waals surface area contributed by atoms with Crippen molar-refractivity contribution in [2.75, 3.05) is 24.2 Å². The third-order valence-corrected chi connectivity index (χ3v) is 6.14. The second kappa shape index (κ2) is 6.18. The van der Waals surface area contributed by atoms with Crippen LogP contribution < -0.4 is 5.32 Å². The van der Waals surface area contributed by atoms with E-state index in [-0.39, 0.29) is 10.8 Å². The molecule has 1 heterocycles. The van der Waals surface area contributed by atoms with Crippen LogP contribution in [0.3, 0.4) is 0 Å². The number of amides is 2. The monoisotopic (exact) mass is 308 g/mol. The molecule has 0 aromatic heterocycles. The smallest absolute Gasteiger partial charge is 0.321 e. The van der Waals surface area contributed by atoms with E-state index < -0.39 is 10.8 Å². The van der Waals surface area contributed by atoms with Gasteiger partial charge in [0.25, 0.3) is 0 Å². The van der Waals surface area contributed by atoms with Gasteiger partial charge in [0, 0.05) is 40.1 Å². The van der Waals surface area contributed by atoms with Gasteiger partial charge in [0.1, 0.15) is 0 Å². The van der Waals surface area contributed by atoms with Crippen LogP contribution in [0.2, 0.25) is 0 Å². The van der Waals surface area contributed by atoms with E-state index in [9.17, 15) is 9.00 Å². The molecule has 1 N–H and O–H groups in total. The van der Waals surface area contributed by atoms with Crippen molar-refractivity contribution in [3.05, 3.63) is 29.3 Å². The fraction of sp³-hybridized carbons (Fsp3) is 0.562. The standard InChI is InChI=1S/C16H24N2O2S/c1-12-6-5-7-13(2)14(12)17-15(19)18-9-8-16(3,4)21(20)11-10-18/h5-7H,8-11H2,1-4H3,(H,17,19)/t21-/m1/s1. The molecule has 0 radical (unpaired) electrons. The van der Waals surface area contributed by atoms with Gasteiger partial charge in [-0.15, -0.1) is 0 Å². The minimum absolute atomic E-state index is 0.0953. The third kappa shape index (κ3) is 3.64. The quantitative estimate of drug-likeness (QED) is 0.867. The first-order valence-electron chi connectivity index (χ1n) is 7.32. The molecule has 21 heavy (non-hydrogen) atoms. The summed E-state index contributed by atoms with van der Waals surface area (Å²) in [6.07, 6.45) is 0.764. The number of rotatable bonds is 1. The molecule has 5 heteroatoms. The summed E-state index contributed by atoms with van der Waals surface area (Å²) in [5.41, 5.74) is 3.00. The highest BCUT2D eigenvalue weighted by molar-refractivity contribution is 7.86. The molecule has 0 spiro atoms. The van der Waals surface area contributed by atoms with E-state index in [0.717, 1.165) is 23.2 Å². The number of benzene rings is 1. The van der Waals surface area contributed by atoms with Gasteiger partial charge in [-0.2, -0.15) is 0 Å². The first-order valence-corrected chi connectivity index (χ1v) is 8.64. The summed E-state index contributed by atoms with van der Waals surface area (Å²) in [6, 6.07) is 5.87. The number of nitrogens with zero attached hydrogens (tertiary/aromatic N) is 1. The van der Waals surface area contributed by atoms with Gasteiger partial charge in [0.15, 0.2) is 0 Å². The number of hydrogen-bond acceptors (Lipinski definition) is 2. The molecule has 4 nitrogen and oxygen atoms in total. The number of para-hydroxylation sites is 1. The summed E-state index contributed by atoms with van der Waals surface area (Å²) in [5, 5.41) is 3.01. The van der Waals surface area contributed by atoms with Crippen LogP contribution in [0, 0.1) is 13.8 Å². The molecule has 2 amide bonds. The highest BCUT2D eigenvalue weighted by Crippen LogP contribution is 2.23. The van der Waals surface area contributed by atoms with Gasteiger partial charge in [-0.25, -0.2) is 4.79 Å². The van der Waals surface area contributed by atoms with Crippen LogP contribution in [-0.4, -0.2) is 38.7 Å². The van der Waals surface area contributed by atoms with E-state index in [2.05, 4.69) is 5.32 Å². The van der Waals surface area contributed by atoms with Gasteiger partial charge >= 0.3 is 6.03 Å². The molecule has 1 aromatic carbocycles. The minimum Gasteiger partial charge on any atom is -0.324 e. The Morgan fingerprint density at radius 2 is 1.86 bits per heavy atom. The molecule has 2 rings (SSSR count). The largest absolute Gasteiger partial charge is 0.324 e. The van der Waals surface area contributed by atoms with Crippen LogP contribution in [-0.2, 0) is 10.8 Å². The Hall–Kier alpha value is -1.36. The van der Waals surface area contributed by atoms with Crippen molar-refractivity contribution in [1.29, 1.82) is 0 Å². The first-order chi connectivity index (χ1) is 9.81. The van der Waals surface area contributed by atoms with Crippen LogP contribution in [0.4, 0.5) is 10.5 Å². The predicted molar refractivity (Wildman–Crippen MR) is 88.2 cm³/mol. The highest BCUT2D eigenvalue weighted by atomic mass is 32.2. The summed E-state index contributed by atoms with van der Waals surface area (Å²) in [7, 11) is -0.882. The van der Waals surface area contributed by atoms with E-state index in [1.807, 2.05) is 45.9 Å². The van der Waals surface area contributed by atoms with E-state index in [0.29, 0.717) is 18.8 Å². The molecule has 1 atom stereocenters. The zero-order chi connectivity index (χ0) is 15.6. The van der Waals surface area contributed by atoms with E-state index in [1.54, 1.807) is 4.90 Å². The number of nitrogens with one attached hydrogen (secondary N) is 1. The van der Waals surface area contributed by atoms with E-state index in [1.165, 1.54) is 0 Å². The zero-order valence-corrected chi connectivity index (χ0v) is 14.0. The average molecular weight is 308 g/mol. The molecule has 0 bridgehead atoms. The Kier molecular flexibility index (Phi) is 4.71. The third-order valence-electron chi connectivity index (χ3n) is 4.15. The second-order valence-electron chi connectivity index (χ2n) is 6.24. The molecular weight excluding hydrogens is 284 g/mol. The summed E-state index contributed by atoms with van der Waals surface area (Å²) in [5.74, 6) is 0.549. The molecule has 1 aliphatic heterocycles. The predicted octanol–water partition coefficient (Wildman–Crippen LogP) is 3.07. The van der Waals surface area contributed by atoms with Crippen molar-refractivity contribution in [2.24, 2.45) is 0 Å². The van der Waals surface area contributed by atoms with Crippen LogP contribution in [0.1, 0.15) is 31.4 Å². The lowest BCUT2D eigenvalue weighted by Gasteiger charge is -2.23. The number of anilines is 1. The number of carbonyl (C=O) groups excluding carboxylic acids is 1. The van der Waals surface area contributed by atoms with E-state index in [4.69, 9.17) is 0 Å². The van der Waals surface area contributed by atoms with Crippen molar-refractivity contribution < 1.29 is 9.00 Å². The molecule has 1 fully saturated rings. The lowest BCUT2D eigenvalue weighted by molar-refractivity contribution is 0.214. The van der Waals surface area contributed by atoms with Crippen LogP contribution in [0.15, 0.2) is 18.2 Å². The summed E-state index contributed by atoms with van der Waals surface area (Å²) < 4.78 is 11.9. The van der Waals surface area contributed by atoms with Crippen LogP contribution >= 0.6 is 0 Å². The van der Waals surface area contributed by atoms with Gasteiger partial charge in [0.2, 0.25) is 0 Å². The van der Waals surface area contributed by atoms with Crippen LogP contribution in [0.5, 0.6) is 0 Å². The number of aryl methyl sites for hydroxylation is 2. The number of carbonyl (C=O) groups is 1. The van der Waals surface area contributed by atoms with Crippen molar-refractivity contribution in [1.82, 2.24) is 4.90 Å². The average Bonchev–Trinajstić information content (AvgIpc) is 2.54. The Morgan fingerprint density at radius 3 is 2.48 bits per heavy atom. The van der Waals surface area contributed by atoms with Gasteiger partial charge < -0.3 is 10.2 Å². The molecule has 1 aliphatic rings. The van der Waals surface area contributed by atoms with Crippen molar-refractivity contribution in [2.45, 2.75) is 38.9 Å². The van der Waals surface area contributed by atoms with E-state index >= 15 is 0 Å². The maximum absolute atomic E-state index is 12.5. The Labute approximate surface area is 129 Å². The number of hydrogen-bond donors (Lipinski definition) is 1. The van der Waals surface area contributed by atoms with Crippen molar-refractivity contribution >= 4 is 22.5 Å². The maximum Gasteiger partial charge on any atom is 0.321 e. The maximum atomic E-state index is 12.5.